The molecule has 0 saturated carbocycles. The van der Waals surface area contributed by atoms with Gasteiger partial charge in [-0.05, 0) is 31.5 Å². The van der Waals surface area contributed by atoms with E-state index in [2.05, 4.69) is 16.0 Å². The minimum absolute atomic E-state index is 0.133. The van der Waals surface area contributed by atoms with Gasteiger partial charge in [0.05, 0.1) is 24.8 Å². The number of nitrogens with zero attached hydrogens (tertiary/aromatic N) is 4. The van der Waals surface area contributed by atoms with Gasteiger partial charge < -0.3 is 14.5 Å². The van der Waals surface area contributed by atoms with Gasteiger partial charge in [-0.3, -0.25) is 14.6 Å². The smallest absolute Gasteiger partial charge is 0.255 e. The normalized spacial score (nSPS) is 13.8. The third kappa shape index (κ3) is 4.38. The molecule has 0 spiro atoms. The zero-order chi connectivity index (χ0) is 20.1. The standard InChI is InChI=1S/C20H23N5O3/c1-14-17(19(27)23-20(22-14)25-8-10-28-11-9-25)6-7-18(26)24(2)16-5-3-4-15(12-16)13-21/h3-5,12H,6-11H2,1-2H3,(H,22,23,27). The van der Waals surface area contributed by atoms with Crippen LogP contribution in [-0.2, 0) is 16.0 Å². The van der Waals surface area contributed by atoms with Crippen molar-refractivity contribution in [3.8, 4) is 6.07 Å². The molecule has 146 valence electrons. The summed E-state index contributed by atoms with van der Waals surface area (Å²) in [6.07, 6.45) is 0.481. The zero-order valence-electron chi connectivity index (χ0n) is 16.1. The van der Waals surface area contributed by atoms with Crippen molar-refractivity contribution in [2.45, 2.75) is 19.8 Å². The van der Waals surface area contributed by atoms with Gasteiger partial charge in [0.25, 0.3) is 5.56 Å². The molecule has 8 nitrogen and oxygen atoms in total. The molecular weight excluding hydrogens is 358 g/mol. The number of hydrogen-bond acceptors (Lipinski definition) is 6. The molecule has 2 heterocycles. The van der Waals surface area contributed by atoms with Gasteiger partial charge in [0.2, 0.25) is 11.9 Å². The molecule has 28 heavy (non-hydrogen) atoms. The molecule has 1 fully saturated rings. The molecule has 1 aliphatic heterocycles. The maximum absolute atomic E-state index is 12.5. The second-order valence-electron chi connectivity index (χ2n) is 6.67. The lowest BCUT2D eigenvalue weighted by atomic mass is 10.1. The highest BCUT2D eigenvalue weighted by Crippen LogP contribution is 2.16. The van der Waals surface area contributed by atoms with Crippen LogP contribution in [0, 0.1) is 18.3 Å². The molecule has 1 amide bonds. The van der Waals surface area contributed by atoms with Crippen LogP contribution in [0.4, 0.5) is 11.6 Å². The van der Waals surface area contributed by atoms with Gasteiger partial charge >= 0.3 is 0 Å². The minimum atomic E-state index is -0.212. The van der Waals surface area contributed by atoms with E-state index >= 15 is 0 Å². The molecule has 3 rings (SSSR count). The molecule has 8 heteroatoms. The number of carbonyl (C=O) groups is 1. The number of carbonyl (C=O) groups excluding carboxylic acids is 1. The lowest BCUT2D eigenvalue weighted by Crippen LogP contribution is -2.38. The Labute approximate surface area is 163 Å². The second-order valence-corrected chi connectivity index (χ2v) is 6.67. The van der Waals surface area contributed by atoms with Crippen molar-refractivity contribution in [2.24, 2.45) is 0 Å². The lowest BCUT2D eigenvalue weighted by molar-refractivity contribution is -0.118. The number of amides is 1. The van der Waals surface area contributed by atoms with E-state index in [-0.39, 0.29) is 17.9 Å². The van der Waals surface area contributed by atoms with Crippen LogP contribution >= 0.6 is 0 Å². The fourth-order valence-corrected chi connectivity index (χ4v) is 3.14. The van der Waals surface area contributed by atoms with Crippen molar-refractivity contribution in [1.29, 1.82) is 5.26 Å². The lowest BCUT2D eigenvalue weighted by Gasteiger charge is -2.27. The van der Waals surface area contributed by atoms with E-state index in [4.69, 9.17) is 10.00 Å². The molecule has 1 saturated heterocycles. The summed E-state index contributed by atoms with van der Waals surface area (Å²) in [6.45, 7) is 4.38. The average Bonchev–Trinajstić information content (AvgIpc) is 2.73. The quantitative estimate of drug-likeness (QED) is 0.839. The summed E-state index contributed by atoms with van der Waals surface area (Å²) < 4.78 is 5.32. The first-order valence-corrected chi connectivity index (χ1v) is 9.19. The van der Waals surface area contributed by atoms with Crippen molar-refractivity contribution in [1.82, 2.24) is 9.97 Å². The highest BCUT2D eigenvalue weighted by atomic mass is 16.5. The number of hydrogen-bond donors (Lipinski definition) is 1. The fraction of sp³-hybridized carbons (Fsp3) is 0.400. The Morgan fingerprint density at radius 3 is 2.82 bits per heavy atom. The number of rotatable bonds is 5. The Morgan fingerprint density at radius 1 is 1.39 bits per heavy atom. The third-order valence-corrected chi connectivity index (χ3v) is 4.85. The first-order valence-electron chi connectivity index (χ1n) is 9.19. The van der Waals surface area contributed by atoms with E-state index in [1.54, 1.807) is 38.2 Å². The van der Waals surface area contributed by atoms with Crippen LogP contribution in [0.25, 0.3) is 0 Å². The van der Waals surface area contributed by atoms with E-state index < -0.39 is 0 Å². The topological polar surface area (TPSA) is 102 Å². The molecule has 1 N–H and O–H groups in total. The summed E-state index contributed by atoms with van der Waals surface area (Å²) in [4.78, 5) is 35.9. The van der Waals surface area contributed by atoms with Gasteiger partial charge in [0.15, 0.2) is 0 Å². The van der Waals surface area contributed by atoms with Crippen molar-refractivity contribution in [2.75, 3.05) is 43.2 Å². The Hall–Kier alpha value is -3.18. The number of aryl methyl sites for hydroxylation is 1. The first-order chi connectivity index (χ1) is 13.5. The van der Waals surface area contributed by atoms with Crippen molar-refractivity contribution < 1.29 is 9.53 Å². The van der Waals surface area contributed by atoms with Crippen molar-refractivity contribution in [3.05, 3.63) is 51.4 Å². The maximum atomic E-state index is 12.5. The number of anilines is 2. The number of nitrogens with one attached hydrogen (secondary N) is 1. The van der Waals surface area contributed by atoms with Crippen molar-refractivity contribution >= 4 is 17.5 Å². The van der Waals surface area contributed by atoms with Gasteiger partial charge in [0, 0.05) is 43.5 Å². The molecule has 2 aromatic rings. The summed E-state index contributed by atoms with van der Waals surface area (Å²) >= 11 is 0. The molecular formula is C20H23N5O3. The molecule has 1 aromatic carbocycles. The second kappa shape index (κ2) is 8.67. The highest BCUT2D eigenvalue weighted by Gasteiger charge is 2.18. The fourth-order valence-electron chi connectivity index (χ4n) is 3.14. The summed E-state index contributed by atoms with van der Waals surface area (Å²) in [6, 6.07) is 8.92. The Balaban J connectivity index is 1.69. The van der Waals surface area contributed by atoms with E-state index in [0.29, 0.717) is 61.2 Å². The maximum Gasteiger partial charge on any atom is 0.255 e. The summed E-state index contributed by atoms with van der Waals surface area (Å²) in [7, 11) is 1.66. The van der Waals surface area contributed by atoms with Crippen LogP contribution in [0.15, 0.2) is 29.1 Å². The predicted molar refractivity (Wildman–Crippen MR) is 106 cm³/mol. The number of H-pyrrole nitrogens is 1. The van der Waals surface area contributed by atoms with Gasteiger partial charge in [0.1, 0.15) is 0 Å². The Kier molecular flexibility index (Phi) is 6.06. The minimum Gasteiger partial charge on any atom is -0.378 e. The largest absolute Gasteiger partial charge is 0.378 e. The summed E-state index contributed by atoms with van der Waals surface area (Å²) in [5, 5.41) is 9.00. The predicted octanol–water partition coefficient (Wildman–Crippen LogP) is 1.38. The van der Waals surface area contributed by atoms with E-state index in [0.717, 1.165) is 0 Å². The number of morpholine rings is 1. The van der Waals surface area contributed by atoms with Gasteiger partial charge in [-0.1, -0.05) is 6.07 Å². The molecule has 0 unspecified atom stereocenters. The van der Waals surface area contributed by atoms with Crippen molar-refractivity contribution in [3.63, 3.8) is 0 Å². The molecule has 0 radical (unpaired) electrons. The van der Waals surface area contributed by atoms with Gasteiger partial charge in [-0.2, -0.15) is 5.26 Å². The van der Waals surface area contributed by atoms with E-state index in [1.165, 1.54) is 4.90 Å². The zero-order valence-corrected chi connectivity index (χ0v) is 16.1. The Bertz CT molecular complexity index is 957. The van der Waals surface area contributed by atoms with Gasteiger partial charge in [-0.25, -0.2) is 4.98 Å². The summed E-state index contributed by atoms with van der Waals surface area (Å²) in [5.41, 5.74) is 2.08. The highest BCUT2D eigenvalue weighted by molar-refractivity contribution is 5.93. The van der Waals surface area contributed by atoms with Crippen LogP contribution in [0.1, 0.15) is 23.2 Å². The van der Waals surface area contributed by atoms with Crippen LogP contribution in [0.3, 0.4) is 0 Å². The summed E-state index contributed by atoms with van der Waals surface area (Å²) in [5.74, 6) is 0.414. The first kappa shape index (κ1) is 19.6. The van der Waals surface area contributed by atoms with Crippen LogP contribution in [0.5, 0.6) is 0 Å². The van der Waals surface area contributed by atoms with Gasteiger partial charge in [-0.15, -0.1) is 0 Å². The van der Waals surface area contributed by atoms with E-state index in [1.807, 2.05) is 4.90 Å². The van der Waals surface area contributed by atoms with E-state index in [9.17, 15) is 9.59 Å². The van der Waals surface area contributed by atoms with Crippen LogP contribution in [-0.4, -0.2) is 49.2 Å². The number of benzene rings is 1. The average molecular weight is 381 g/mol. The number of aromatic amines is 1. The third-order valence-electron chi connectivity index (χ3n) is 4.85. The number of ether oxygens (including phenoxy) is 1. The van der Waals surface area contributed by atoms with Crippen LogP contribution < -0.4 is 15.4 Å². The molecule has 1 aromatic heterocycles. The number of aromatic nitrogens is 2. The van der Waals surface area contributed by atoms with Crippen LogP contribution in [0.2, 0.25) is 0 Å². The molecule has 0 atom stereocenters. The molecule has 0 aliphatic carbocycles. The molecule has 1 aliphatic rings. The SMILES string of the molecule is Cc1nc(N2CCOCC2)[nH]c(=O)c1CCC(=O)N(C)c1cccc(C#N)c1. The monoisotopic (exact) mass is 381 g/mol. The number of nitriles is 1. The Morgan fingerprint density at radius 2 is 2.14 bits per heavy atom. The molecule has 0 bridgehead atoms.